The summed E-state index contributed by atoms with van der Waals surface area (Å²) in [7, 11) is -4.38. The van der Waals surface area contributed by atoms with Gasteiger partial charge < -0.3 is 0 Å². The van der Waals surface area contributed by atoms with Crippen LogP contribution in [0.1, 0.15) is 0 Å². The monoisotopic (exact) mass is 418 g/mol. The van der Waals surface area contributed by atoms with E-state index in [2.05, 4.69) is 4.72 Å². The highest BCUT2D eigenvalue weighted by atomic mass is 32.2. The standard InChI is InChI=1S/C16H10N4O8S/c21-18(22)10-5-7-11(8-6-10)29(27,28)17-16-13-4-2-1-3-12(13)14(19(23)24)9-15(16)20(25)26/h1-9,17H. The minimum absolute atomic E-state index is 0.00417. The van der Waals surface area contributed by atoms with Crippen LogP contribution in [0.25, 0.3) is 10.8 Å². The molecule has 0 aliphatic carbocycles. The molecule has 3 rings (SSSR count). The Hall–Kier alpha value is -4.13. The minimum atomic E-state index is -4.38. The van der Waals surface area contributed by atoms with Crippen molar-refractivity contribution in [2.24, 2.45) is 0 Å². The predicted octanol–water partition coefficient (Wildman–Crippen LogP) is 3.37. The maximum atomic E-state index is 12.7. The average molecular weight is 418 g/mol. The van der Waals surface area contributed by atoms with Crippen molar-refractivity contribution in [2.45, 2.75) is 4.90 Å². The molecule has 0 amide bonds. The largest absolute Gasteiger partial charge is 0.300 e. The third-order valence-corrected chi connectivity index (χ3v) is 5.36. The van der Waals surface area contributed by atoms with Crippen molar-refractivity contribution in [3.63, 3.8) is 0 Å². The lowest BCUT2D eigenvalue weighted by Crippen LogP contribution is -2.14. The molecule has 29 heavy (non-hydrogen) atoms. The van der Waals surface area contributed by atoms with Gasteiger partial charge in [-0.2, -0.15) is 0 Å². The molecule has 0 aromatic heterocycles. The van der Waals surface area contributed by atoms with Gasteiger partial charge in [-0.25, -0.2) is 8.42 Å². The lowest BCUT2D eigenvalue weighted by Gasteiger charge is -2.11. The van der Waals surface area contributed by atoms with Crippen molar-refractivity contribution in [1.29, 1.82) is 0 Å². The van der Waals surface area contributed by atoms with Gasteiger partial charge in [-0.1, -0.05) is 18.2 Å². The van der Waals surface area contributed by atoms with E-state index in [9.17, 15) is 38.8 Å². The number of fused-ring (bicyclic) bond motifs is 1. The number of sulfonamides is 1. The highest BCUT2D eigenvalue weighted by Crippen LogP contribution is 2.40. The molecule has 3 aromatic rings. The Bertz CT molecular complexity index is 1270. The van der Waals surface area contributed by atoms with Crippen molar-refractivity contribution < 1.29 is 23.2 Å². The Morgan fingerprint density at radius 2 is 1.28 bits per heavy atom. The SMILES string of the molecule is O=[N+]([O-])c1ccc(S(=O)(=O)Nc2c([N+](=O)[O-])cc([N+](=O)[O-])c3ccccc23)cc1. The number of benzene rings is 3. The highest BCUT2D eigenvalue weighted by Gasteiger charge is 2.28. The molecule has 0 saturated carbocycles. The molecule has 13 heteroatoms. The summed E-state index contributed by atoms with van der Waals surface area (Å²) in [4.78, 5) is 30.6. The molecule has 1 N–H and O–H groups in total. The van der Waals surface area contributed by atoms with Crippen LogP contribution >= 0.6 is 0 Å². The second kappa shape index (κ2) is 7.12. The summed E-state index contributed by atoms with van der Waals surface area (Å²) in [5.74, 6) is 0. The van der Waals surface area contributed by atoms with Crippen molar-refractivity contribution in [3.05, 3.63) is 84.9 Å². The summed E-state index contributed by atoms with van der Waals surface area (Å²) in [6, 6.07) is 10.1. The van der Waals surface area contributed by atoms with Crippen molar-refractivity contribution in [3.8, 4) is 0 Å². The molecule has 0 aliphatic rings. The summed E-state index contributed by atoms with van der Waals surface area (Å²) < 4.78 is 27.4. The van der Waals surface area contributed by atoms with Crippen molar-refractivity contribution in [1.82, 2.24) is 0 Å². The normalized spacial score (nSPS) is 11.2. The summed E-state index contributed by atoms with van der Waals surface area (Å²) in [5.41, 5.74) is -2.14. The molecule has 0 heterocycles. The van der Waals surface area contributed by atoms with Gasteiger partial charge in [0.2, 0.25) is 0 Å². The van der Waals surface area contributed by atoms with E-state index in [0.29, 0.717) is 6.07 Å². The Morgan fingerprint density at radius 3 is 1.79 bits per heavy atom. The highest BCUT2D eigenvalue weighted by molar-refractivity contribution is 7.92. The molecule has 12 nitrogen and oxygen atoms in total. The van der Waals surface area contributed by atoms with E-state index in [4.69, 9.17) is 0 Å². The number of nitro groups is 3. The molecule has 3 aromatic carbocycles. The fourth-order valence-electron chi connectivity index (χ4n) is 2.68. The van der Waals surface area contributed by atoms with Crippen molar-refractivity contribution in [2.75, 3.05) is 4.72 Å². The summed E-state index contributed by atoms with van der Waals surface area (Å²) in [5, 5.41) is 33.4. The van der Waals surface area contributed by atoms with Crippen LogP contribution in [-0.2, 0) is 10.0 Å². The Labute approximate surface area is 161 Å². The summed E-state index contributed by atoms with van der Waals surface area (Å²) in [6.07, 6.45) is 0. The maximum Gasteiger partial charge on any atom is 0.300 e. The van der Waals surface area contributed by atoms with E-state index in [1.807, 2.05) is 0 Å². The van der Waals surface area contributed by atoms with Gasteiger partial charge in [0.1, 0.15) is 5.69 Å². The van der Waals surface area contributed by atoms with E-state index in [-0.39, 0.29) is 21.4 Å². The fourth-order valence-corrected chi connectivity index (χ4v) is 3.78. The van der Waals surface area contributed by atoms with Gasteiger partial charge in [-0.15, -0.1) is 0 Å². The number of rotatable bonds is 6. The van der Waals surface area contributed by atoms with Crippen LogP contribution in [0.15, 0.2) is 59.5 Å². The Balaban J connectivity index is 2.20. The molecule has 148 valence electrons. The lowest BCUT2D eigenvalue weighted by molar-refractivity contribution is -0.392. The smallest absolute Gasteiger partial charge is 0.272 e. The van der Waals surface area contributed by atoms with E-state index >= 15 is 0 Å². The first kappa shape index (κ1) is 19.6. The first-order chi connectivity index (χ1) is 13.6. The third-order valence-electron chi connectivity index (χ3n) is 3.99. The van der Waals surface area contributed by atoms with Crippen LogP contribution in [-0.4, -0.2) is 23.2 Å². The van der Waals surface area contributed by atoms with E-state index in [0.717, 1.165) is 24.3 Å². The zero-order chi connectivity index (χ0) is 21.3. The van der Waals surface area contributed by atoms with E-state index < -0.39 is 41.9 Å². The van der Waals surface area contributed by atoms with E-state index in [1.54, 1.807) is 0 Å². The van der Waals surface area contributed by atoms with Crippen LogP contribution in [0, 0.1) is 30.3 Å². The third kappa shape index (κ3) is 3.66. The number of nitro benzene ring substituents is 3. The number of nitrogens with one attached hydrogen (secondary N) is 1. The van der Waals surface area contributed by atoms with Crippen LogP contribution in [0.5, 0.6) is 0 Å². The second-order valence-corrected chi connectivity index (χ2v) is 7.39. The molecule has 0 atom stereocenters. The molecular weight excluding hydrogens is 408 g/mol. The van der Waals surface area contributed by atoms with Crippen molar-refractivity contribution >= 4 is 43.5 Å². The van der Waals surface area contributed by atoms with Crippen LogP contribution < -0.4 is 4.72 Å². The van der Waals surface area contributed by atoms with Crippen LogP contribution in [0.2, 0.25) is 0 Å². The van der Waals surface area contributed by atoms with Gasteiger partial charge in [-0.05, 0) is 18.2 Å². The quantitative estimate of drug-likeness (QED) is 0.468. The van der Waals surface area contributed by atoms with E-state index in [1.165, 1.54) is 24.3 Å². The number of hydrogen-bond acceptors (Lipinski definition) is 8. The molecule has 0 radical (unpaired) electrons. The summed E-state index contributed by atoms with van der Waals surface area (Å²) >= 11 is 0. The molecule has 0 spiro atoms. The lowest BCUT2D eigenvalue weighted by atomic mass is 10.1. The molecule has 0 aliphatic heterocycles. The summed E-state index contributed by atoms with van der Waals surface area (Å²) in [6.45, 7) is 0. The molecule has 0 bridgehead atoms. The molecule has 0 fully saturated rings. The topological polar surface area (TPSA) is 176 Å². The first-order valence-electron chi connectivity index (χ1n) is 7.73. The minimum Gasteiger partial charge on any atom is -0.272 e. The van der Waals surface area contributed by atoms with Gasteiger partial charge >= 0.3 is 5.69 Å². The first-order valence-corrected chi connectivity index (χ1v) is 9.22. The Morgan fingerprint density at radius 1 is 0.724 bits per heavy atom. The zero-order valence-corrected chi connectivity index (χ0v) is 15.0. The number of non-ortho nitro benzene ring substituents is 2. The number of nitrogens with zero attached hydrogens (tertiary/aromatic N) is 3. The molecule has 0 saturated heterocycles. The van der Waals surface area contributed by atoms with Gasteiger partial charge in [0, 0.05) is 17.5 Å². The van der Waals surface area contributed by atoms with Crippen LogP contribution in [0.3, 0.4) is 0 Å². The van der Waals surface area contributed by atoms with Gasteiger partial charge in [0.15, 0.2) is 0 Å². The molecule has 0 unspecified atom stereocenters. The maximum absolute atomic E-state index is 12.7. The predicted molar refractivity (Wildman–Crippen MR) is 101 cm³/mol. The number of anilines is 1. The second-order valence-electron chi connectivity index (χ2n) is 5.71. The molecular formula is C16H10N4O8S. The average Bonchev–Trinajstić information content (AvgIpc) is 2.67. The van der Waals surface area contributed by atoms with Gasteiger partial charge in [-0.3, -0.25) is 35.1 Å². The fraction of sp³-hybridized carbons (Fsp3) is 0. The zero-order valence-electron chi connectivity index (χ0n) is 14.2. The van der Waals surface area contributed by atoms with Gasteiger partial charge in [0.25, 0.3) is 21.4 Å². The Kier molecular flexibility index (Phi) is 4.82. The number of hydrogen-bond donors (Lipinski definition) is 1. The van der Waals surface area contributed by atoms with Crippen LogP contribution in [0.4, 0.5) is 22.7 Å². The van der Waals surface area contributed by atoms with Gasteiger partial charge in [0.05, 0.1) is 31.1 Å².